The summed E-state index contributed by atoms with van der Waals surface area (Å²) in [5.41, 5.74) is 2.67. The van der Waals surface area contributed by atoms with Gasteiger partial charge in [-0.25, -0.2) is 4.98 Å². The molecule has 1 aliphatic rings. The van der Waals surface area contributed by atoms with Crippen LogP contribution in [0.15, 0.2) is 55.1 Å². The second kappa shape index (κ2) is 11.6. The Morgan fingerprint density at radius 2 is 1.86 bits per heavy atom. The Morgan fingerprint density at radius 3 is 2.63 bits per heavy atom. The molecule has 0 amide bonds. The lowest BCUT2D eigenvalue weighted by Gasteiger charge is -2.27. The first-order valence-electron chi connectivity index (χ1n) is 12.3. The molecule has 0 radical (unpaired) electrons. The summed E-state index contributed by atoms with van der Waals surface area (Å²) in [7, 11) is 1.66. The van der Waals surface area contributed by atoms with E-state index in [0.717, 1.165) is 61.8 Å². The van der Waals surface area contributed by atoms with Crippen molar-refractivity contribution in [2.45, 2.75) is 51.8 Å². The first-order chi connectivity index (χ1) is 16.9. The van der Waals surface area contributed by atoms with Gasteiger partial charge < -0.3 is 23.9 Å². The summed E-state index contributed by atoms with van der Waals surface area (Å²) in [4.78, 5) is 6.46. The van der Waals surface area contributed by atoms with Crippen LogP contribution in [0.3, 0.4) is 0 Å². The second-order valence-corrected chi connectivity index (χ2v) is 9.55. The average Bonchev–Trinajstić information content (AvgIpc) is 3.29. The van der Waals surface area contributed by atoms with Crippen molar-refractivity contribution in [3.05, 3.63) is 71.8 Å². The summed E-state index contributed by atoms with van der Waals surface area (Å²) in [5, 5.41) is 11.2. The van der Waals surface area contributed by atoms with Gasteiger partial charge in [0.15, 0.2) is 11.5 Å². The first-order valence-corrected chi connectivity index (χ1v) is 12.3. The lowest BCUT2D eigenvalue weighted by molar-refractivity contribution is -0.0170. The third-order valence-electron chi connectivity index (χ3n) is 6.64. The number of hydrogen-bond donors (Lipinski definition) is 1. The van der Waals surface area contributed by atoms with Crippen molar-refractivity contribution in [3.8, 4) is 17.2 Å². The molecule has 2 heterocycles. The topological polar surface area (TPSA) is 69.0 Å². The zero-order chi connectivity index (χ0) is 24.7. The molecule has 1 N–H and O–H groups in total. The normalized spacial score (nSPS) is 18.7. The van der Waals surface area contributed by atoms with Crippen LogP contribution in [0.2, 0.25) is 0 Å². The maximum Gasteiger partial charge on any atom is 0.161 e. The van der Waals surface area contributed by atoms with E-state index in [1.807, 2.05) is 35.9 Å². The molecule has 0 bridgehead atoms. The van der Waals surface area contributed by atoms with Crippen LogP contribution in [0.1, 0.15) is 36.0 Å². The number of nitrogens with zero attached hydrogens (tertiary/aromatic N) is 3. The molecule has 188 valence electrons. The van der Waals surface area contributed by atoms with E-state index in [0.29, 0.717) is 19.6 Å². The fourth-order valence-electron chi connectivity index (χ4n) is 4.58. The van der Waals surface area contributed by atoms with Crippen molar-refractivity contribution in [3.63, 3.8) is 0 Å². The molecule has 3 aromatic rings. The Morgan fingerprint density at radius 1 is 1.00 bits per heavy atom. The smallest absolute Gasteiger partial charge is 0.161 e. The zero-order valence-corrected chi connectivity index (χ0v) is 21.1. The van der Waals surface area contributed by atoms with Crippen molar-refractivity contribution >= 4 is 0 Å². The fraction of sp³-hybridized carbons (Fsp3) is 0.464. The molecule has 1 saturated heterocycles. The highest BCUT2D eigenvalue weighted by Crippen LogP contribution is 2.30. The van der Waals surface area contributed by atoms with Crippen molar-refractivity contribution in [2.75, 3.05) is 33.4 Å². The molecular formula is C28H37N3O4. The third kappa shape index (κ3) is 6.99. The number of rotatable bonds is 10. The maximum atomic E-state index is 11.2. The largest absolute Gasteiger partial charge is 0.493 e. The van der Waals surface area contributed by atoms with Crippen molar-refractivity contribution in [1.82, 2.24) is 14.5 Å². The van der Waals surface area contributed by atoms with Crippen LogP contribution in [0.25, 0.3) is 0 Å². The van der Waals surface area contributed by atoms with Crippen LogP contribution >= 0.6 is 0 Å². The quantitative estimate of drug-likeness (QED) is 0.465. The van der Waals surface area contributed by atoms with E-state index in [4.69, 9.17) is 14.2 Å². The number of aromatic nitrogens is 2. The molecule has 0 saturated carbocycles. The highest BCUT2D eigenvalue weighted by molar-refractivity contribution is 5.43. The highest BCUT2D eigenvalue weighted by atomic mass is 16.5. The Hall–Kier alpha value is -3.03. The van der Waals surface area contributed by atoms with E-state index in [1.165, 1.54) is 11.1 Å². The number of ether oxygens (including phenoxy) is 3. The lowest BCUT2D eigenvalue weighted by Crippen LogP contribution is -2.37. The van der Waals surface area contributed by atoms with Crippen molar-refractivity contribution in [1.29, 1.82) is 0 Å². The summed E-state index contributed by atoms with van der Waals surface area (Å²) in [6.07, 6.45) is 7.81. The second-order valence-electron chi connectivity index (χ2n) is 9.55. The summed E-state index contributed by atoms with van der Waals surface area (Å²) in [6.45, 7) is 8.26. The minimum absolute atomic E-state index is 0.322. The van der Waals surface area contributed by atoms with Gasteiger partial charge in [-0.05, 0) is 69.0 Å². The molecule has 4 rings (SSSR count). The van der Waals surface area contributed by atoms with Gasteiger partial charge >= 0.3 is 0 Å². The summed E-state index contributed by atoms with van der Waals surface area (Å²) >= 11 is 0. The zero-order valence-electron chi connectivity index (χ0n) is 21.1. The standard InChI is InChI=1S/C28H37N3O4/c1-22-5-7-25(23(2)17-22)35-20-28(32)9-4-12-30(13-10-28)19-24-6-8-26(33-3)27(18-24)34-16-15-31-14-11-29-21-31/h5-8,11,14,17-18,21,32H,4,9-10,12-13,15-16,19-20H2,1-3H3/t28-/m1/s1. The van der Waals surface area contributed by atoms with E-state index in [1.54, 1.807) is 19.6 Å². The fourth-order valence-corrected chi connectivity index (χ4v) is 4.58. The van der Waals surface area contributed by atoms with Crippen LogP contribution in [0.4, 0.5) is 0 Å². The van der Waals surface area contributed by atoms with Gasteiger partial charge in [-0.1, -0.05) is 23.8 Å². The van der Waals surface area contributed by atoms with Crippen LogP contribution < -0.4 is 14.2 Å². The molecule has 0 aliphatic carbocycles. The summed E-state index contributed by atoms with van der Waals surface area (Å²) in [5.74, 6) is 2.33. The summed E-state index contributed by atoms with van der Waals surface area (Å²) < 4.78 is 19.6. The minimum Gasteiger partial charge on any atom is -0.493 e. The van der Waals surface area contributed by atoms with E-state index in [-0.39, 0.29) is 0 Å². The molecule has 1 aliphatic heterocycles. The number of imidazole rings is 1. The first kappa shape index (κ1) is 25.1. The molecule has 0 spiro atoms. The van der Waals surface area contributed by atoms with Gasteiger partial charge in [0.2, 0.25) is 0 Å². The molecule has 1 atom stereocenters. The molecule has 7 nitrogen and oxygen atoms in total. The van der Waals surface area contributed by atoms with Crippen LogP contribution in [-0.2, 0) is 13.1 Å². The molecule has 2 aromatic carbocycles. The Balaban J connectivity index is 1.32. The minimum atomic E-state index is -0.812. The number of hydrogen-bond acceptors (Lipinski definition) is 6. The van der Waals surface area contributed by atoms with Crippen LogP contribution in [-0.4, -0.2) is 58.6 Å². The van der Waals surface area contributed by atoms with E-state index < -0.39 is 5.60 Å². The Bertz CT molecular complexity index is 1090. The molecular weight excluding hydrogens is 442 g/mol. The Labute approximate surface area is 208 Å². The van der Waals surface area contributed by atoms with Crippen LogP contribution in [0.5, 0.6) is 17.2 Å². The third-order valence-corrected chi connectivity index (χ3v) is 6.64. The SMILES string of the molecule is COc1ccc(CN2CCC[C@](O)(COc3ccc(C)cc3C)CC2)cc1OCCn1ccnc1. The van der Waals surface area contributed by atoms with Crippen LogP contribution in [0, 0.1) is 13.8 Å². The van der Waals surface area contributed by atoms with Gasteiger partial charge in [0.1, 0.15) is 19.0 Å². The van der Waals surface area contributed by atoms with Gasteiger partial charge in [0, 0.05) is 25.5 Å². The van der Waals surface area contributed by atoms with Gasteiger partial charge in [-0.2, -0.15) is 0 Å². The van der Waals surface area contributed by atoms with Gasteiger partial charge in [0.25, 0.3) is 0 Å². The lowest BCUT2D eigenvalue weighted by atomic mass is 9.96. The average molecular weight is 480 g/mol. The molecule has 1 aromatic heterocycles. The number of likely N-dealkylation sites (tertiary alicyclic amines) is 1. The molecule has 0 unspecified atom stereocenters. The van der Waals surface area contributed by atoms with E-state index >= 15 is 0 Å². The molecule has 1 fully saturated rings. The van der Waals surface area contributed by atoms with Gasteiger partial charge in [-0.3, -0.25) is 4.90 Å². The number of benzene rings is 2. The highest BCUT2D eigenvalue weighted by Gasteiger charge is 2.31. The monoisotopic (exact) mass is 479 g/mol. The maximum absolute atomic E-state index is 11.2. The van der Waals surface area contributed by atoms with E-state index in [2.05, 4.69) is 35.0 Å². The summed E-state index contributed by atoms with van der Waals surface area (Å²) in [6, 6.07) is 12.3. The van der Waals surface area contributed by atoms with Crippen molar-refractivity contribution in [2.24, 2.45) is 0 Å². The number of methoxy groups -OCH3 is 1. The van der Waals surface area contributed by atoms with Gasteiger partial charge in [0.05, 0.1) is 25.6 Å². The molecule has 35 heavy (non-hydrogen) atoms. The van der Waals surface area contributed by atoms with Gasteiger partial charge in [-0.15, -0.1) is 0 Å². The predicted octanol–water partition coefficient (Wildman–Crippen LogP) is 4.38. The van der Waals surface area contributed by atoms with Crippen molar-refractivity contribution < 1.29 is 19.3 Å². The predicted molar refractivity (Wildman–Crippen MR) is 136 cm³/mol. The van der Waals surface area contributed by atoms with E-state index in [9.17, 15) is 5.11 Å². The Kier molecular flexibility index (Phi) is 8.31. The number of aliphatic hydroxyl groups is 1. The number of aryl methyl sites for hydroxylation is 2. The molecule has 7 heteroatoms.